The van der Waals surface area contributed by atoms with Gasteiger partial charge in [-0.2, -0.15) is 0 Å². The summed E-state index contributed by atoms with van der Waals surface area (Å²) in [5.41, 5.74) is 3.08. The van der Waals surface area contributed by atoms with Crippen molar-refractivity contribution in [2.45, 2.75) is 19.3 Å². The molecule has 1 atom stereocenters. The minimum Gasteiger partial charge on any atom is -0.342 e. The summed E-state index contributed by atoms with van der Waals surface area (Å²) in [4.78, 5) is 25.5. The van der Waals surface area contributed by atoms with Gasteiger partial charge in [-0.3, -0.25) is 15.0 Å². The van der Waals surface area contributed by atoms with E-state index in [0.717, 1.165) is 18.4 Å². The molecule has 0 aromatic heterocycles. The van der Waals surface area contributed by atoms with Crippen molar-refractivity contribution < 1.29 is 9.59 Å². The molecular weight excluding hydrogens is 278 g/mol. The van der Waals surface area contributed by atoms with Gasteiger partial charge in [0.1, 0.15) is 0 Å². The third-order valence-corrected chi connectivity index (χ3v) is 3.81. The van der Waals surface area contributed by atoms with Crippen molar-refractivity contribution in [3.8, 4) is 0 Å². The molecule has 0 radical (unpaired) electrons. The van der Waals surface area contributed by atoms with Crippen molar-refractivity contribution in [2.24, 2.45) is 11.8 Å². The molecule has 3 N–H and O–H groups in total. The molecular formula is C14H18ClN3O2. The Morgan fingerprint density at radius 2 is 2.05 bits per heavy atom. The summed E-state index contributed by atoms with van der Waals surface area (Å²) in [6.45, 7) is 1.14. The average molecular weight is 296 g/mol. The van der Waals surface area contributed by atoms with E-state index in [4.69, 9.17) is 17.4 Å². The molecule has 1 saturated heterocycles. The van der Waals surface area contributed by atoms with E-state index in [1.165, 1.54) is 0 Å². The van der Waals surface area contributed by atoms with Gasteiger partial charge in [0.05, 0.1) is 12.3 Å². The first-order valence-electron chi connectivity index (χ1n) is 6.63. The van der Waals surface area contributed by atoms with Crippen LogP contribution in [-0.2, 0) is 16.0 Å². The molecule has 6 heteroatoms. The Morgan fingerprint density at radius 3 is 2.70 bits per heavy atom. The van der Waals surface area contributed by atoms with Gasteiger partial charge in [-0.05, 0) is 30.5 Å². The molecule has 0 spiro atoms. The molecule has 1 aliphatic heterocycles. The maximum Gasteiger partial charge on any atom is 0.238 e. The maximum absolute atomic E-state index is 12.2. The van der Waals surface area contributed by atoms with Crippen LogP contribution in [0.25, 0.3) is 0 Å². The molecule has 2 amide bonds. The van der Waals surface area contributed by atoms with Crippen LogP contribution >= 0.6 is 11.6 Å². The zero-order valence-corrected chi connectivity index (χ0v) is 11.9. The Kier molecular flexibility index (Phi) is 4.98. The number of hydrogen-bond donors (Lipinski definition) is 2. The van der Waals surface area contributed by atoms with Gasteiger partial charge in [-0.25, -0.2) is 5.84 Å². The van der Waals surface area contributed by atoms with Gasteiger partial charge in [-0.1, -0.05) is 23.7 Å². The third-order valence-electron chi connectivity index (χ3n) is 3.56. The van der Waals surface area contributed by atoms with E-state index in [2.05, 4.69) is 5.43 Å². The third kappa shape index (κ3) is 3.71. The second-order valence-corrected chi connectivity index (χ2v) is 5.43. The van der Waals surface area contributed by atoms with Crippen molar-refractivity contribution in [3.05, 3.63) is 34.9 Å². The monoisotopic (exact) mass is 295 g/mol. The van der Waals surface area contributed by atoms with E-state index in [1.807, 2.05) is 12.1 Å². The fourth-order valence-electron chi connectivity index (χ4n) is 2.42. The molecule has 1 aliphatic rings. The molecule has 2 rings (SSSR count). The summed E-state index contributed by atoms with van der Waals surface area (Å²) in [5, 5.41) is 0.652. The number of likely N-dealkylation sites (tertiary alicyclic amines) is 1. The van der Waals surface area contributed by atoms with Gasteiger partial charge in [0.2, 0.25) is 11.8 Å². The molecule has 1 heterocycles. The normalized spacial score (nSPS) is 18.7. The van der Waals surface area contributed by atoms with Crippen LogP contribution in [0.1, 0.15) is 18.4 Å². The van der Waals surface area contributed by atoms with E-state index in [-0.39, 0.29) is 17.7 Å². The highest BCUT2D eigenvalue weighted by atomic mass is 35.5. The lowest BCUT2D eigenvalue weighted by Gasteiger charge is -2.31. The van der Waals surface area contributed by atoms with Crippen molar-refractivity contribution in [3.63, 3.8) is 0 Å². The number of nitrogens with zero attached hydrogens (tertiary/aromatic N) is 1. The predicted molar refractivity (Wildman–Crippen MR) is 76.8 cm³/mol. The second kappa shape index (κ2) is 6.72. The van der Waals surface area contributed by atoms with Crippen molar-refractivity contribution in [1.82, 2.24) is 10.3 Å². The summed E-state index contributed by atoms with van der Waals surface area (Å²) in [5.74, 6) is 4.77. The van der Waals surface area contributed by atoms with Crippen LogP contribution in [0.5, 0.6) is 0 Å². The number of piperidine rings is 1. The number of nitrogens with one attached hydrogen (secondary N) is 1. The van der Waals surface area contributed by atoms with Crippen molar-refractivity contribution in [2.75, 3.05) is 13.1 Å². The Bertz CT molecular complexity index is 490. The number of halogens is 1. The average Bonchev–Trinajstić information content (AvgIpc) is 2.49. The Labute approximate surface area is 123 Å². The van der Waals surface area contributed by atoms with E-state index in [9.17, 15) is 9.59 Å². The summed E-state index contributed by atoms with van der Waals surface area (Å²) in [6, 6.07) is 7.22. The summed E-state index contributed by atoms with van der Waals surface area (Å²) < 4.78 is 0. The fraction of sp³-hybridized carbons (Fsp3) is 0.429. The lowest BCUT2D eigenvalue weighted by Crippen LogP contribution is -2.47. The Morgan fingerprint density at radius 1 is 1.35 bits per heavy atom. The lowest BCUT2D eigenvalue weighted by molar-refractivity contribution is -0.135. The molecule has 0 saturated carbocycles. The van der Waals surface area contributed by atoms with E-state index < -0.39 is 0 Å². The SMILES string of the molecule is NNC(=O)C1CCCN(C(=O)Cc2ccc(Cl)cc2)C1. The maximum atomic E-state index is 12.2. The van der Waals surface area contributed by atoms with Gasteiger partial charge in [0.15, 0.2) is 0 Å². The lowest BCUT2D eigenvalue weighted by atomic mass is 9.97. The summed E-state index contributed by atoms with van der Waals surface area (Å²) in [7, 11) is 0. The number of carbonyl (C=O) groups is 2. The van der Waals surface area contributed by atoms with Gasteiger partial charge < -0.3 is 4.90 Å². The van der Waals surface area contributed by atoms with Crippen LogP contribution in [0, 0.1) is 5.92 Å². The zero-order chi connectivity index (χ0) is 14.5. The van der Waals surface area contributed by atoms with Crippen LogP contribution in [0.2, 0.25) is 5.02 Å². The number of amides is 2. The van der Waals surface area contributed by atoms with Gasteiger partial charge in [0.25, 0.3) is 0 Å². The van der Waals surface area contributed by atoms with Crippen molar-refractivity contribution in [1.29, 1.82) is 0 Å². The van der Waals surface area contributed by atoms with Crippen LogP contribution in [0.15, 0.2) is 24.3 Å². The Hall–Kier alpha value is -1.59. The van der Waals surface area contributed by atoms with E-state index in [0.29, 0.717) is 24.5 Å². The van der Waals surface area contributed by atoms with Crippen LogP contribution in [0.4, 0.5) is 0 Å². The minimum absolute atomic E-state index is 0.0295. The number of hydrazine groups is 1. The molecule has 1 unspecified atom stereocenters. The molecule has 0 bridgehead atoms. The molecule has 5 nitrogen and oxygen atoms in total. The van der Waals surface area contributed by atoms with E-state index >= 15 is 0 Å². The number of hydrogen-bond acceptors (Lipinski definition) is 3. The highest BCUT2D eigenvalue weighted by Crippen LogP contribution is 2.18. The van der Waals surface area contributed by atoms with Crippen LogP contribution < -0.4 is 11.3 Å². The standard InChI is InChI=1S/C14H18ClN3O2/c15-12-5-3-10(4-6-12)8-13(19)18-7-1-2-11(9-18)14(20)17-16/h3-6,11H,1-2,7-9,16H2,(H,17,20). The largest absolute Gasteiger partial charge is 0.342 e. The van der Waals surface area contributed by atoms with Gasteiger partial charge >= 0.3 is 0 Å². The number of rotatable bonds is 3. The number of nitrogens with two attached hydrogens (primary N) is 1. The van der Waals surface area contributed by atoms with Crippen LogP contribution in [0.3, 0.4) is 0 Å². The second-order valence-electron chi connectivity index (χ2n) is 4.99. The first-order chi connectivity index (χ1) is 9.60. The molecule has 108 valence electrons. The first kappa shape index (κ1) is 14.8. The smallest absolute Gasteiger partial charge is 0.238 e. The summed E-state index contributed by atoms with van der Waals surface area (Å²) >= 11 is 5.82. The minimum atomic E-state index is -0.206. The fourth-order valence-corrected chi connectivity index (χ4v) is 2.55. The zero-order valence-electron chi connectivity index (χ0n) is 11.1. The summed E-state index contributed by atoms with van der Waals surface area (Å²) in [6.07, 6.45) is 1.92. The van der Waals surface area contributed by atoms with Gasteiger partial charge in [-0.15, -0.1) is 0 Å². The molecule has 20 heavy (non-hydrogen) atoms. The molecule has 1 fully saturated rings. The van der Waals surface area contributed by atoms with Gasteiger partial charge in [0, 0.05) is 18.1 Å². The topological polar surface area (TPSA) is 75.4 Å². The molecule has 1 aromatic carbocycles. The van der Waals surface area contributed by atoms with Crippen molar-refractivity contribution >= 4 is 23.4 Å². The highest BCUT2D eigenvalue weighted by Gasteiger charge is 2.27. The van der Waals surface area contributed by atoms with E-state index in [1.54, 1.807) is 17.0 Å². The molecule has 1 aromatic rings. The quantitative estimate of drug-likeness (QED) is 0.498. The highest BCUT2D eigenvalue weighted by molar-refractivity contribution is 6.30. The number of carbonyl (C=O) groups excluding carboxylic acids is 2. The Balaban J connectivity index is 1.95. The number of benzene rings is 1. The first-order valence-corrected chi connectivity index (χ1v) is 7.00. The predicted octanol–water partition coefficient (Wildman–Crippen LogP) is 1.11. The van der Waals surface area contributed by atoms with Crippen LogP contribution in [-0.4, -0.2) is 29.8 Å². The molecule has 0 aliphatic carbocycles.